The van der Waals surface area contributed by atoms with Crippen LogP contribution < -0.4 is 10.2 Å². The van der Waals surface area contributed by atoms with Crippen LogP contribution in [0.1, 0.15) is 20.7 Å². The van der Waals surface area contributed by atoms with Gasteiger partial charge in [0.05, 0.1) is 0 Å². The van der Waals surface area contributed by atoms with Crippen LogP contribution in [-0.2, 0) is 0 Å². The smallest absolute Gasteiger partial charge is 0.255 e. The summed E-state index contributed by atoms with van der Waals surface area (Å²) in [6.07, 6.45) is 3.54. The van der Waals surface area contributed by atoms with Gasteiger partial charge in [-0.05, 0) is 65.7 Å². The lowest BCUT2D eigenvalue weighted by molar-refractivity contribution is 0.0746. The minimum atomic E-state index is -0.150. The van der Waals surface area contributed by atoms with Crippen LogP contribution in [-0.4, -0.2) is 47.9 Å². The average Bonchev–Trinajstić information content (AvgIpc) is 2.94. The number of hydrogen-bond donors (Lipinski definition) is 1. The van der Waals surface area contributed by atoms with Gasteiger partial charge in [-0.25, -0.2) is 0 Å². The third-order valence-electron chi connectivity index (χ3n) is 6.22. The predicted molar refractivity (Wildman–Crippen MR) is 139 cm³/mol. The van der Waals surface area contributed by atoms with Crippen LogP contribution >= 0.6 is 0 Å². The van der Waals surface area contributed by atoms with Crippen molar-refractivity contribution in [3.63, 3.8) is 0 Å². The lowest BCUT2D eigenvalue weighted by Crippen LogP contribution is -2.48. The van der Waals surface area contributed by atoms with Crippen LogP contribution in [0.15, 0.2) is 103 Å². The van der Waals surface area contributed by atoms with Crippen molar-refractivity contribution in [3.8, 4) is 11.1 Å². The van der Waals surface area contributed by atoms with Gasteiger partial charge in [0, 0.05) is 61.1 Å². The number of nitrogens with one attached hydrogen (secondary N) is 1. The molecule has 2 heterocycles. The maximum Gasteiger partial charge on any atom is 0.255 e. The van der Waals surface area contributed by atoms with E-state index in [-0.39, 0.29) is 11.8 Å². The monoisotopic (exact) mass is 462 g/mol. The molecule has 0 bridgehead atoms. The van der Waals surface area contributed by atoms with Gasteiger partial charge >= 0.3 is 0 Å². The van der Waals surface area contributed by atoms with Crippen molar-refractivity contribution in [1.82, 2.24) is 9.88 Å². The first-order chi connectivity index (χ1) is 17.2. The molecular formula is C29H26N4O2. The third kappa shape index (κ3) is 5.22. The summed E-state index contributed by atoms with van der Waals surface area (Å²) < 4.78 is 0. The Balaban J connectivity index is 1.16. The van der Waals surface area contributed by atoms with E-state index in [1.54, 1.807) is 12.4 Å². The van der Waals surface area contributed by atoms with Crippen LogP contribution in [0.4, 0.5) is 11.4 Å². The number of aromatic nitrogens is 1. The van der Waals surface area contributed by atoms with Crippen molar-refractivity contribution in [3.05, 3.63) is 115 Å². The van der Waals surface area contributed by atoms with Gasteiger partial charge in [0.15, 0.2) is 0 Å². The molecule has 1 fully saturated rings. The molecule has 0 unspecified atom stereocenters. The zero-order valence-electron chi connectivity index (χ0n) is 19.3. The van der Waals surface area contributed by atoms with E-state index in [1.807, 2.05) is 95.9 Å². The number of hydrogen-bond acceptors (Lipinski definition) is 4. The van der Waals surface area contributed by atoms with Gasteiger partial charge in [0.25, 0.3) is 11.8 Å². The molecule has 1 N–H and O–H groups in total. The first kappa shape index (κ1) is 22.3. The number of nitrogens with zero attached hydrogens (tertiary/aromatic N) is 3. The minimum absolute atomic E-state index is 0.0804. The van der Waals surface area contributed by atoms with Crippen LogP contribution in [0.2, 0.25) is 0 Å². The van der Waals surface area contributed by atoms with E-state index < -0.39 is 0 Å². The molecule has 174 valence electrons. The quantitative estimate of drug-likeness (QED) is 0.455. The molecule has 6 nitrogen and oxygen atoms in total. The Labute approximate surface area is 204 Å². The molecule has 1 aromatic heterocycles. The molecule has 0 radical (unpaired) electrons. The maximum atomic E-state index is 12.7. The van der Waals surface area contributed by atoms with Crippen LogP contribution in [0.3, 0.4) is 0 Å². The Hall–Kier alpha value is -4.45. The molecular weight excluding hydrogens is 436 g/mol. The predicted octanol–water partition coefficient (Wildman–Crippen LogP) is 4.96. The summed E-state index contributed by atoms with van der Waals surface area (Å²) in [5, 5.41) is 2.97. The Morgan fingerprint density at radius 2 is 1.40 bits per heavy atom. The van der Waals surface area contributed by atoms with Gasteiger partial charge in [-0.2, -0.15) is 0 Å². The average molecular weight is 463 g/mol. The van der Waals surface area contributed by atoms with Crippen LogP contribution in [0, 0.1) is 0 Å². The third-order valence-corrected chi connectivity index (χ3v) is 6.22. The molecule has 35 heavy (non-hydrogen) atoms. The van der Waals surface area contributed by atoms with E-state index in [0.29, 0.717) is 18.7 Å². The largest absolute Gasteiger partial charge is 0.368 e. The van der Waals surface area contributed by atoms with Gasteiger partial charge < -0.3 is 15.1 Å². The zero-order valence-corrected chi connectivity index (χ0v) is 19.3. The molecule has 3 aromatic carbocycles. The van der Waals surface area contributed by atoms with E-state index in [2.05, 4.69) is 15.2 Å². The Bertz CT molecular complexity index is 1280. The highest BCUT2D eigenvalue weighted by atomic mass is 16.2. The van der Waals surface area contributed by atoms with E-state index in [0.717, 1.165) is 41.2 Å². The number of benzene rings is 3. The number of anilines is 2. The van der Waals surface area contributed by atoms with Crippen molar-refractivity contribution < 1.29 is 9.59 Å². The molecule has 1 aliphatic heterocycles. The normalized spacial score (nSPS) is 13.4. The molecule has 2 amide bonds. The summed E-state index contributed by atoms with van der Waals surface area (Å²) in [5.41, 5.74) is 5.18. The van der Waals surface area contributed by atoms with Crippen molar-refractivity contribution in [2.45, 2.75) is 0 Å². The number of pyridine rings is 1. The van der Waals surface area contributed by atoms with Crippen molar-refractivity contribution in [1.29, 1.82) is 0 Å². The fourth-order valence-electron chi connectivity index (χ4n) is 4.24. The van der Waals surface area contributed by atoms with Gasteiger partial charge in [-0.1, -0.05) is 36.4 Å². The van der Waals surface area contributed by atoms with Gasteiger partial charge in [0.2, 0.25) is 0 Å². The van der Waals surface area contributed by atoms with E-state index >= 15 is 0 Å². The Kier molecular flexibility index (Phi) is 6.52. The second-order valence-corrected chi connectivity index (χ2v) is 8.47. The summed E-state index contributed by atoms with van der Waals surface area (Å²) in [4.78, 5) is 33.7. The number of piperazine rings is 1. The highest BCUT2D eigenvalue weighted by Crippen LogP contribution is 2.22. The minimum Gasteiger partial charge on any atom is -0.368 e. The van der Waals surface area contributed by atoms with Crippen LogP contribution in [0.25, 0.3) is 11.1 Å². The second-order valence-electron chi connectivity index (χ2n) is 8.47. The summed E-state index contributed by atoms with van der Waals surface area (Å²) >= 11 is 0. The SMILES string of the molecule is O=C(Nc1ccc(N2CCN(C(=O)c3ccccc3)CC2)cc1)c1ccc(-c2cccnc2)cc1. The number of carbonyl (C=O) groups excluding carboxylic acids is 2. The molecule has 0 spiro atoms. The lowest BCUT2D eigenvalue weighted by atomic mass is 10.1. The standard InChI is InChI=1S/C29H26N4O2/c34-28(23-10-8-22(9-11-23)25-7-4-16-30-21-25)31-26-12-14-27(15-13-26)32-17-19-33(20-18-32)29(35)24-5-2-1-3-6-24/h1-16,21H,17-20H2,(H,31,34). The number of carbonyl (C=O) groups is 2. The van der Waals surface area contributed by atoms with Crippen molar-refractivity contribution in [2.24, 2.45) is 0 Å². The van der Waals surface area contributed by atoms with Gasteiger partial charge in [-0.15, -0.1) is 0 Å². The molecule has 4 aromatic rings. The second kappa shape index (κ2) is 10.2. The summed E-state index contributed by atoms with van der Waals surface area (Å²) in [7, 11) is 0. The Morgan fingerprint density at radius 1 is 0.686 bits per heavy atom. The fraction of sp³-hybridized carbons (Fsp3) is 0.138. The van der Waals surface area contributed by atoms with Crippen molar-refractivity contribution in [2.75, 3.05) is 36.4 Å². The van der Waals surface area contributed by atoms with Gasteiger partial charge in [-0.3, -0.25) is 14.6 Å². The van der Waals surface area contributed by atoms with E-state index in [1.165, 1.54) is 0 Å². The highest BCUT2D eigenvalue weighted by molar-refractivity contribution is 6.04. The number of rotatable bonds is 5. The first-order valence-corrected chi connectivity index (χ1v) is 11.7. The number of amides is 2. The first-order valence-electron chi connectivity index (χ1n) is 11.7. The van der Waals surface area contributed by atoms with Crippen molar-refractivity contribution >= 4 is 23.2 Å². The molecule has 1 aliphatic rings. The topological polar surface area (TPSA) is 65.5 Å². The van der Waals surface area contributed by atoms with Gasteiger partial charge in [0.1, 0.15) is 0 Å². The molecule has 5 rings (SSSR count). The molecule has 0 atom stereocenters. The zero-order chi connectivity index (χ0) is 24.0. The van der Waals surface area contributed by atoms with E-state index in [9.17, 15) is 9.59 Å². The highest BCUT2D eigenvalue weighted by Gasteiger charge is 2.22. The lowest BCUT2D eigenvalue weighted by Gasteiger charge is -2.36. The summed E-state index contributed by atoms with van der Waals surface area (Å²) in [6, 6.07) is 28.6. The fourth-order valence-corrected chi connectivity index (χ4v) is 4.24. The summed E-state index contributed by atoms with van der Waals surface area (Å²) in [5.74, 6) is -0.0692. The molecule has 6 heteroatoms. The van der Waals surface area contributed by atoms with E-state index in [4.69, 9.17) is 0 Å². The molecule has 0 aliphatic carbocycles. The summed E-state index contributed by atoms with van der Waals surface area (Å²) in [6.45, 7) is 2.91. The Morgan fingerprint density at radius 3 is 2.06 bits per heavy atom. The molecule has 0 saturated carbocycles. The molecule has 1 saturated heterocycles. The maximum absolute atomic E-state index is 12.7. The van der Waals surface area contributed by atoms with Crippen LogP contribution in [0.5, 0.6) is 0 Å².